The molecule has 0 aliphatic heterocycles. The van der Waals surface area contributed by atoms with Crippen LogP contribution in [0, 0.1) is 0 Å². The third-order valence-corrected chi connectivity index (χ3v) is 2.91. The Morgan fingerprint density at radius 3 is 2.15 bits per heavy atom. The third-order valence-electron chi connectivity index (χ3n) is 2.66. The van der Waals surface area contributed by atoms with Crippen LogP contribution < -0.4 is 10.5 Å². The maximum Gasteiger partial charge on any atom is 0.416 e. The van der Waals surface area contributed by atoms with Gasteiger partial charge in [-0.1, -0.05) is 17.7 Å². The molecule has 0 aliphatic rings. The van der Waals surface area contributed by atoms with Crippen molar-refractivity contribution in [1.29, 1.82) is 0 Å². The highest BCUT2D eigenvalue weighted by atomic mass is 35.5. The van der Waals surface area contributed by atoms with Crippen LogP contribution in [0.1, 0.15) is 11.1 Å². The number of rotatable bonds is 3. The maximum atomic E-state index is 12.9. The van der Waals surface area contributed by atoms with Crippen LogP contribution in [-0.4, -0.2) is 0 Å². The summed E-state index contributed by atoms with van der Waals surface area (Å²) >= 11 is 5.72. The lowest BCUT2D eigenvalue weighted by Gasteiger charge is -2.14. The van der Waals surface area contributed by atoms with Crippen LogP contribution >= 0.6 is 11.6 Å². The summed E-state index contributed by atoms with van der Waals surface area (Å²) < 4.78 is 44.0. The van der Waals surface area contributed by atoms with Crippen molar-refractivity contribution in [3.63, 3.8) is 0 Å². The highest BCUT2D eigenvalue weighted by Crippen LogP contribution is 2.35. The predicted octanol–water partition coefficient (Wildman–Crippen LogP) is 4.61. The van der Waals surface area contributed by atoms with Gasteiger partial charge in [-0.15, -0.1) is 0 Å². The van der Waals surface area contributed by atoms with E-state index < -0.39 is 11.7 Å². The zero-order chi connectivity index (χ0) is 14.8. The van der Waals surface area contributed by atoms with Gasteiger partial charge in [-0.3, -0.25) is 0 Å². The van der Waals surface area contributed by atoms with Gasteiger partial charge in [0.1, 0.15) is 11.5 Å². The van der Waals surface area contributed by atoms with Crippen LogP contribution in [0.25, 0.3) is 0 Å². The lowest BCUT2D eigenvalue weighted by Crippen LogP contribution is -2.11. The molecule has 0 radical (unpaired) electrons. The molecule has 2 nitrogen and oxygen atoms in total. The monoisotopic (exact) mass is 301 g/mol. The average Bonchev–Trinajstić information content (AvgIpc) is 2.40. The van der Waals surface area contributed by atoms with Gasteiger partial charge in [-0.2, -0.15) is 13.2 Å². The molecule has 2 aromatic rings. The van der Waals surface area contributed by atoms with E-state index in [2.05, 4.69) is 0 Å². The molecule has 0 heterocycles. The second-order valence-corrected chi connectivity index (χ2v) is 4.51. The van der Waals surface area contributed by atoms with E-state index in [0.29, 0.717) is 10.8 Å². The van der Waals surface area contributed by atoms with Crippen molar-refractivity contribution in [2.45, 2.75) is 12.7 Å². The molecule has 2 aromatic carbocycles. The number of ether oxygens (including phenoxy) is 1. The highest BCUT2D eigenvalue weighted by Gasteiger charge is 2.33. The standard InChI is InChI=1S/C14H11ClF3NO/c15-10-2-5-11(6-3-10)20-12-4-1-9(8-19)13(7-12)14(16,17)18/h1-7H,8,19H2. The molecule has 0 bridgehead atoms. The van der Waals surface area contributed by atoms with E-state index in [0.717, 1.165) is 6.07 Å². The summed E-state index contributed by atoms with van der Waals surface area (Å²) in [5, 5.41) is 0.520. The fourth-order valence-electron chi connectivity index (χ4n) is 1.70. The van der Waals surface area contributed by atoms with Gasteiger partial charge < -0.3 is 10.5 Å². The Kier molecular flexibility index (Phi) is 4.20. The molecule has 0 saturated carbocycles. The van der Waals surface area contributed by atoms with Crippen molar-refractivity contribution in [1.82, 2.24) is 0 Å². The molecule has 0 atom stereocenters. The lowest BCUT2D eigenvalue weighted by molar-refractivity contribution is -0.138. The first-order chi connectivity index (χ1) is 9.40. The maximum absolute atomic E-state index is 12.9. The van der Waals surface area contributed by atoms with Crippen molar-refractivity contribution in [2.24, 2.45) is 5.73 Å². The summed E-state index contributed by atoms with van der Waals surface area (Å²) in [6.07, 6.45) is -4.46. The molecule has 20 heavy (non-hydrogen) atoms. The van der Waals surface area contributed by atoms with Crippen molar-refractivity contribution in [3.8, 4) is 11.5 Å². The van der Waals surface area contributed by atoms with Crippen LogP contribution in [0.5, 0.6) is 11.5 Å². The Balaban J connectivity index is 2.31. The van der Waals surface area contributed by atoms with Crippen molar-refractivity contribution in [2.75, 3.05) is 0 Å². The van der Waals surface area contributed by atoms with E-state index in [9.17, 15) is 13.2 Å². The molecule has 0 fully saturated rings. The molecule has 0 unspecified atom stereocenters. The summed E-state index contributed by atoms with van der Waals surface area (Å²) in [5.74, 6) is 0.500. The van der Waals surface area contributed by atoms with E-state index >= 15 is 0 Å². The van der Waals surface area contributed by atoms with Crippen molar-refractivity contribution < 1.29 is 17.9 Å². The Morgan fingerprint density at radius 2 is 1.60 bits per heavy atom. The summed E-state index contributed by atoms with van der Waals surface area (Å²) in [6.45, 7) is -0.184. The molecule has 0 amide bonds. The first-order valence-corrected chi connectivity index (χ1v) is 6.11. The first kappa shape index (κ1) is 14.7. The molecule has 6 heteroatoms. The smallest absolute Gasteiger partial charge is 0.416 e. The minimum Gasteiger partial charge on any atom is -0.457 e. The second kappa shape index (κ2) is 5.73. The van der Waals surface area contributed by atoms with Gasteiger partial charge >= 0.3 is 6.18 Å². The molecule has 2 rings (SSSR count). The topological polar surface area (TPSA) is 35.2 Å². The SMILES string of the molecule is NCc1ccc(Oc2ccc(Cl)cc2)cc1C(F)(F)F. The van der Waals surface area contributed by atoms with E-state index in [1.165, 1.54) is 12.1 Å². The Morgan fingerprint density at radius 1 is 1.00 bits per heavy atom. The van der Waals surface area contributed by atoms with Crippen LogP contribution in [0.4, 0.5) is 13.2 Å². The molecule has 0 spiro atoms. The quantitative estimate of drug-likeness (QED) is 0.898. The fraction of sp³-hybridized carbons (Fsp3) is 0.143. The summed E-state index contributed by atoms with van der Waals surface area (Å²) in [7, 11) is 0. The van der Waals surface area contributed by atoms with E-state index in [1.54, 1.807) is 24.3 Å². The summed E-state index contributed by atoms with van der Waals surface area (Å²) in [5.41, 5.74) is 4.55. The van der Waals surface area contributed by atoms with Crippen LogP contribution in [0.15, 0.2) is 42.5 Å². The lowest BCUT2D eigenvalue weighted by atomic mass is 10.1. The summed E-state index contributed by atoms with van der Waals surface area (Å²) in [6, 6.07) is 10.0. The highest BCUT2D eigenvalue weighted by molar-refractivity contribution is 6.30. The second-order valence-electron chi connectivity index (χ2n) is 4.08. The zero-order valence-electron chi connectivity index (χ0n) is 10.2. The molecule has 106 valence electrons. The minimum atomic E-state index is -4.46. The minimum absolute atomic E-state index is 0.0287. The van der Waals surface area contributed by atoms with Gasteiger partial charge in [0.25, 0.3) is 0 Å². The van der Waals surface area contributed by atoms with E-state index in [-0.39, 0.29) is 17.9 Å². The van der Waals surface area contributed by atoms with Gasteiger partial charge in [0, 0.05) is 11.6 Å². The molecule has 2 N–H and O–H groups in total. The first-order valence-electron chi connectivity index (χ1n) is 5.74. The van der Waals surface area contributed by atoms with Crippen LogP contribution in [0.3, 0.4) is 0 Å². The number of benzene rings is 2. The van der Waals surface area contributed by atoms with E-state index in [1.807, 2.05) is 0 Å². The third kappa shape index (κ3) is 3.43. The summed E-state index contributed by atoms with van der Waals surface area (Å²) in [4.78, 5) is 0. The van der Waals surface area contributed by atoms with Gasteiger partial charge in [0.15, 0.2) is 0 Å². The molecule has 0 saturated heterocycles. The number of alkyl halides is 3. The molecule has 0 aliphatic carbocycles. The number of hydrogen-bond donors (Lipinski definition) is 1. The number of halogens is 4. The zero-order valence-corrected chi connectivity index (χ0v) is 11.0. The average molecular weight is 302 g/mol. The van der Waals surface area contributed by atoms with E-state index in [4.69, 9.17) is 22.1 Å². The number of nitrogens with two attached hydrogens (primary N) is 1. The van der Waals surface area contributed by atoms with Gasteiger partial charge in [0.05, 0.1) is 5.56 Å². The van der Waals surface area contributed by atoms with Crippen molar-refractivity contribution >= 4 is 11.6 Å². The van der Waals surface area contributed by atoms with Crippen LogP contribution in [0.2, 0.25) is 5.02 Å². The van der Waals surface area contributed by atoms with Gasteiger partial charge in [0.2, 0.25) is 0 Å². The normalized spacial score (nSPS) is 11.4. The Hall–Kier alpha value is -1.72. The van der Waals surface area contributed by atoms with Gasteiger partial charge in [-0.25, -0.2) is 0 Å². The van der Waals surface area contributed by atoms with Gasteiger partial charge in [-0.05, 0) is 42.0 Å². The molecular weight excluding hydrogens is 291 g/mol. The number of hydrogen-bond acceptors (Lipinski definition) is 2. The Labute approximate surface area is 118 Å². The molecule has 0 aromatic heterocycles. The van der Waals surface area contributed by atoms with Crippen molar-refractivity contribution in [3.05, 3.63) is 58.6 Å². The molecular formula is C14H11ClF3NO. The Bertz CT molecular complexity index is 596. The fourth-order valence-corrected chi connectivity index (χ4v) is 1.83. The largest absolute Gasteiger partial charge is 0.457 e. The van der Waals surface area contributed by atoms with Crippen LogP contribution in [-0.2, 0) is 12.7 Å². The predicted molar refractivity (Wildman–Crippen MR) is 70.9 cm³/mol.